The number of aliphatic hydroxyl groups is 6. The zero-order chi connectivity index (χ0) is 65.4. The van der Waals surface area contributed by atoms with Crippen LogP contribution in [0.2, 0.25) is 0 Å². The number of aliphatic hydroxyl groups excluding tert-OH is 6. The van der Waals surface area contributed by atoms with E-state index in [-0.39, 0.29) is 58.8 Å². The maximum atomic E-state index is 14.7. The van der Waals surface area contributed by atoms with Crippen molar-refractivity contribution in [3.63, 3.8) is 0 Å². The van der Waals surface area contributed by atoms with E-state index in [1.165, 1.54) is 36.5 Å². The number of hydrogen-bond donors (Lipinski definition) is 13. The fraction of sp³-hybridized carbons (Fsp3) is 0.456. The third-order valence-corrected chi connectivity index (χ3v) is 17.4. The number of nitrogens with two attached hydrogens (primary N) is 1. The van der Waals surface area contributed by atoms with E-state index in [2.05, 4.69) is 68.3 Å². The second-order valence-corrected chi connectivity index (χ2v) is 24.0. The van der Waals surface area contributed by atoms with Gasteiger partial charge in [-0.1, -0.05) is 36.5 Å². The van der Waals surface area contributed by atoms with Crippen LogP contribution in [0.25, 0.3) is 26.8 Å². The van der Waals surface area contributed by atoms with Crippen LogP contribution in [0.15, 0.2) is 79.1 Å². The van der Waals surface area contributed by atoms with Gasteiger partial charge in [0, 0.05) is 80.9 Å². The number of benzene rings is 3. The van der Waals surface area contributed by atoms with Gasteiger partial charge in [-0.2, -0.15) is 5.10 Å². The number of carbonyl (C=O) groups excluding carboxylic acids is 8. The predicted octanol–water partition coefficient (Wildman–Crippen LogP) is -6.64. The molecular weight excluding hydrogens is 1260 g/mol. The van der Waals surface area contributed by atoms with Crippen LogP contribution < -0.4 is 76.2 Å². The summed E-state index contributed by atoms with van der Waals surface area (Å²) in [5, 5.41) is 118. The predicted molar refractivity (Wildman–Crippen MR) is 317 cm³/mol. The van der Waals surface area contributed by atoms with Crippen molar-refractivity contribution in [3.8, 4) is 38.3 Å². The Hall–Kier alpha value is -7.42. The Morgan fingerprint density at radius 2 is 1.45 bits per heavy atom. The first kappa shape index (κ1) is 70.4. The van der Waals surface area contributed by atoms with Crippen LogP contribution in [0.5, 0.6) is 11.5 Å². The zero-order valence-corrected chi connectivity index (χ0v) is 53.5. The minimum Gasteiger partial charge on any atom is -0.691 e. The number of nitrogens with one attached hydrogen (secondary N) is 5. The second-order valence-electron chi connectivity index (χ2n) is 22.6. The van der Waals surface area contributed by atoms with Crippen molar-refractivity contribution in [2.75, 3.05) is 37.6 Å². The van der Waals surface area contributed by atoms with Crippen LogP contribution in [-0.4, -0.2) is 218 Å². The number of aromatic nitrogens is 4. The van der Waals surface area contributed by atoms with Gasteiger partial charge in [0.05, 0.1) is 60.5 Å². The van der Waals surface area contributed by atoms with Crippen LogP contribution in [0.4, 0.5) is 5.69 Å². The molecule has 4 aliphatic heterocycles. The van der Waals surface area contributed by atoms with E-state index >= 15 is 0 Å². The van der Waals surface area contributed by atoms with Crippen molar-refractivity contribution in [1.82, 2.24) is 56.4 Å². The fourth-order valence-electron chi connectivity index (χ4n) is 11.2. The van der Waals surface area contributed by atoms with Gasteiger partial charge < -0.3 is 92.2 Å². The van der Waals surface area contributed by atoms with Gasteiger partial charge in [0.2, 0.25) is 41.4 Å². The summed E-state index contributed by atoms with van der Waals surface area (Å²) in [6, 6.07) is 5.86. The molecule has 9 rings (SSSR count). The van der Waals surface area contributed by atoms with Gasteiger partial charge in [-0.25, -0.2) is 4.68 Å². The number of rotatable bonds is 17. The van der Waals surface area contributed by atoms with Crippen molar-refractivity contribution in [3.05, 3.63) is 90.3 Å². The summed E-state index contributed by atoms with van der Waals surface area (Å²) in [6.45, 7) is 2.87. The molecule has 14 N–H and O–H groups in total. The minimum absolute atomic E-state index is 0. The summed E-state index contributed by atoms with van der Waals surface area (Å²) in [5.41, 5.74) is 8.74. The van der Waals surface area contributed by atoms with Crippen molar-refractivity contribution in [1.29, 1.82) is 0 Å². The molecule has 4 aliphatic rings. The molecule has 6 heterocycles. The van der Waals surface area contributed by atoms with Crippen LogP contribution in [-0.2, 0) is 49.4 Å². The molecule has 13 atom stereocenters. The number of primary amides is 1. The molecule has 0 spiro atoms. The van der Waals surface area contributed by atoms with Crippen LogP contribution in [0.3, 0.4) is 0 Å². The Labute approximate surface area is 555 Å². The van der Waals surface area contributed by atoms with E-state index in [4.69, 9.17) is 9.92 Å². The minimum atomic E-state index is -2.23. The molecular formula is C57H68N13NaO19S2. The molecule has 92 heavy (non-hydrogen) atoms. The van der Waals surface area contributed by atoms with Crippen molar-refractivity contribution in [2.24, 2.45) is 11.7 Å². The molecule has 8 amide bonds. The largest absolute Gasteiger partial charge is 1.00 e. The quantitative estimate of drug-likeness (QED) is 0.0135. The van der Waals surface area contributed by atoms with Crippen LogP contribution in [0, 0.1) is 5.92 Å². The molecule has 0 saturated carbocycles. The number of hydrogen-bond acceptors (Lipinski definition) is 25. The molecule has 4 fully saturated rings. The van der Waals surface area contributed by atoms with Crippen LogP contribution >= 0.6 is 23.7 Å². The average molecular weight is 1330 g/mol. The van der Waals surface area contributed by atoms with Crippen molar-refractivity contribution >= 4 is 76.6 Å². The standard InChI is InChI=1S/C57H69N13O19S2.Na/c1-27-24-69-47(48(27)78)53(83)59-23-35(72)19-37(61-49(79)30-6-8-31(9-7-30)54-65-66-55(90-54)32-22-60-70(25-32)34-12-10-33(11-13-34)67-15-3-4-16-67)50(80)62-44(28(2)71)56(84)68-26-36(73)20-38(68)51(81)63-45(52(82)64-46(57(69)85)41(76)21-43(58)77)40(75)17-29-5-14-39(74)42(18-29)87-91-89-88-86;/h5-14,18,22,25,27-28,35-38,40-41,44-48,71-76,78,86H,3-4,15-17,19-21,23-24,26H2,1-2H3,(H2,58,77)(H,59,83)(H,61,79)(H,62,80)(H,63,81)(H,64,82);/q;+1/p-1. The number of anilines is 1. The van der Waals surface area contributed by atoms with Gasteiger partial charge in [-0.05, 0) is 73.9 Å². The number of phenolic OH excluding ortho intramolecular Hbond substituents is 1. The smallest absolute Gasteiger partial charge is 0.691 e. The number of phenols is 1. The van der Waals surface area contributed by atoms with E-state index in [0.717, 1.165) is 66.2 Å². The molecule has 488 valence electrons. The van der Waals surface area contributed by atoms with E-state index in [1.807, 2.05) is 18.3 Å². The summed E-state index contributed by atoms with van der Waals surface area (Å²) in [4.78, 5) is 117. The number of nitrogens with zero attached hydrogens (tertiary/aromatic N) is 7. The summed E-state index contributed by atoms with van der Waals surface area (Å²) in [7, 11) is 0. The maximum Gasteiger partial charge on any atom is 1.00 e. The third kappa shape index (κ3) is 16.9. The Balaban J connectivity index is 0.0000109. The summed E-state index contributed by atoms with van der Waals surface area (Å²) >= 11 is 1.26. The third-order valence-electron chi connectivity index (χ3n) is 16.0. The maximum absolute atomic E-state index is 14.7. The first-order valence-corrected chi connectivity index (χ1v) is 30.4. The number of amides is 8. The van der Waals surface area contributed by atoms with Crippen molar-refractivity contribution < 1.29 is 122 Å². The Kier molecular flexibility index (Phi) is 24.1. The molecule has 4 saturated heterocycles. The molecule has 13 unspecified atom stereocenters. The summed E-state index contributed by atoms with van der Waals surface area (Å²) < 4.78 is 10.9. The van der Waals surface area contributed by atoms with Crippen molar-refractivity contribution in [2.45, 2.75) is 125 Å². The number of aromatic hydroxyl groups is 1. The molecule has 35 heteroatoms. The van der Waals surface area contributed by atoms with E-state index in [9.17, 15) is 79.4 Å². The van der Waals surface area contributed by atoms with E-state index < -0.39 is 177 Å². The van der Waals surface area contributed by atoms with Gasteiger partial charge in [0.25, 0.3) is 18.2 Å². The van der Waals surface area contributed by atoms with Gasteiger partial charge >= 0.3 is 29.6 Å². The molecule has 0 aliphatic carbocycles. The molecule has 32 nitrogen and oxygen atoms in total. The SMILES string of the molecule is CC(O)C1NC(=O)C(NC(=O)c2ccc(-c3nnc(-c4cnn(-c5ccc(N6CCCC6)cc5)c4)s3)cc2)CC(O)CNC(=O)C2C(O)C(C)CN2C(=O)C(C(O)CC(N)=O)NC(=O)C(C(O)Cc2ccc(O)c(OSOO[O-])c2)NC(=O)C2CC(O)CN2C1=O.[Na+]. The zero-order valence-electron chi connectivity index (χ0n) is 49.8. The summed E-state index contributed by atoms with van der Waals surface area (Å²) in [6.07, 6.45) is -7.88. The monoisotopic (exact) mass is 1330 g/mol. The first-order chi connectivity index (χ1) is 43.5. The van der Waals surface area contributed by atoms with Gasteiger partial charge in [-0.15, -0.1) is 14.5 Å². The van der Waals surface area contributed by atoms with E-state index in [0.29, 0.717) is 21.1 Å². The Morgan fingerprint density at radius 3 is 2.12 bits per heavy atom. The van der Waals surface area contributed by atoms with Gasteiger partial charge in [0.1, 0.15) is 41.3 Å². The number of β-amino-alcohol motifs (C(OH)–C–C–N with tert-alkyl or cyclic N) is 1. The normalized spacial score (nSPS) is 25.4. The average Bonchev–Trinajstić information content (AvgIpc) is 1.63. The van der Waals surface area contributed by atoms with Gasteiger partial charge in [0.15, 0.2) is 16.5 Å². The van der Waals surface area contributed by atoms with Crippen LogP contribution in [0.1, 0.15) is 61.9 Å². The van der Waals surface area contributed by atoms with Gasteiger partial charge in [-0.3, -0.25) is 43.4 Å². The number of fused-ring (bicyclic) bond motifs is 2. The molecule has 0 radical (unpaired) electrons. The molecule has 2 aromatic heterocycles. The first-order valence-electron chi connectivity index (χ1n) is 28.9. The fourth-order valence-corrected chi connectivity index (χ4v) is 12.3. The molecule has 0 bridgehead atoms. The summed E-state index contributed by atoms with van der Waals surface area (Å²) in [5.74, 6) is -11.2. The topological polar surface area (TPSA) is 468 Å². The molecule has 5 aromatic rings. The van der Waals surface area contributed by atoms with E-state index in [1.54, 1.807) is 23.0 Å². The number of carbonyl (C=O) groups is 8. The Morgan fingerprint density at radius 1 is 0.793 bits per heavy atom. The second kappa shape index (κ2) is 31.5. The Bertz CT molecular complexity index is 3450. The molecule has 3 aromatic carbocycles.